The van der Waals surface area contributed by atoms with Gasteiger partial charge in [-0.1, -0.05) is 45.6 Å². The van der Waals surface area contributed by atoms with Gasteiger partial charge in [-0.2, -0.15) is 0 Å². The molecule has 1 saturated heterocycles. The average molecular weight is 530 g/mol. The maximum absolute atomic E-state index is 5.93. The van der Waals surface area contributed by atoms with Crippen LogP contribution >= 0.6 is 53.5 Å². The zero-order valence-electron chi connectivity index (χ0n) is 12.0. The zero-order valence-corrected chi connectivity index (χ0v) is 19.3. The summed E-state index contributed by atoms with van der Waals surface area (Å²) < 4.78 is 8.01. The number of rotatable bonds is 5. The van der Waals surface area contributed by atoms with Crippen molar-refractivity contribution < 1.29 is 9.47 Å². The number of halogens is 1. The molecule has 0 amide bonds. The normalized spacial score (nSPS) is 26.3. The van der Waals surface area contributed by atoms with E-state index in [-0.39, 0.29) is 0 Å². The summed E-state index contributed by atoms with van der Waals surface area (Å²) in [6.07, 6.45) is 0. The van der Waals surface area contributed by atoms with Crippen molar-refractivity contribution in [3.63, 3.8) is 0 Å². The van der Waals surface area contributed by atoms with Gasteiger partial charge in [-0.05, 0) is 71.1 Å². The maximum Gasteiger partial charge on any atom is 0.139 e. The topological polar surface area (TPSA) is 18.5 Å². The molecule has 2 aromatic rings. The molecule has 0 aliphatic carbocycles. The van der Waals surface area contributed by atoms with Gasteiger partial charge < -0.3 is 9.47 Å². The average Bonchev–Trinajstić information content (AvgIpc) is 2.54. The van der Waals surface area contributed by atoms with Gasteiger partial charge in [0.25, 0.3) is 0 Å². The van der Waals surface area contributed by atoms with Gasteiger partial charge in [0.2, 0.25) is 0 Å². The molecular formula is C14H13IO2P2S4. The Kier molecular flexibility index (Phi) is 6.10. The number of ether oxygens (including phenoxy) is 2. The summed E-state index contributed by atoms with van der Waals surface area (Å²) in [7, 11) is 1.67. The van der Waals surface area contributed by atoms with Crippen molar-refractivity contribution in [2.24, 2.45) is 0 Å². The number of methoxy groups -OCH3 is 1. The number of alkyl halides is 1. The quantitative estimate of drug-likeness (QED) is 0.286. The van der Waals surface area contributed by atoms with Gasteiger partial charge in [-0.15, -0.1) is 0 Å². The third-order valence-electron chi connectivity index (χ3n) is 3.19. The minimum Gasteiger partial charge on any atom is -0.497 e. The monoisotopic (exact) mass is 530 g/mol. The molecule has 3 rings (SSSR count). The Balaban J connectivity index is 1.77. The summed E-state index contributed by atoms with van der Waals surface area (Å²) in [5, 5.41) is 2.44. The summed E-state index contributed by atoms with van der Waals surface area (Å²) in [5.74, 6) is 1.74. The lowest BCUT2D eigenvalue weighted by Crippen LogP contribution is -2.09. The lowest BCUT2D eigenvalue weighted by Gasteiger charge is -2.40. The smallest absolute Gasteiger partial charge is 0.139 e. The molecule has 0 saturated carbocycles. The molecule has 0 atom stereocenters. The Labute approximate surface area is 167 Å². The van der Waals surface area contributed by atoms with E-state index in [2.05, 4.69) is 46.9 Å². The molecule has 1 aliphatic rings. The van der Waals surface area contributed by atoms with Crippen LogP contribution in [0.2, 0.25) is 0 Å². The fraction of sp³-hybridized carbons (Fsp3) is 0.143. The SMILES string of the molecule is COc1ccc(P2(=S)SP(=S)(c3ccc(OCI)cc3)S2)cc1. The van der Waals surface area contributed by atoms with Gasteiger partial charge in [-0.25, -0.2) is 0 Å². The maximum atomic E-state index is 5.93. The fourth-order valence-electron chi connectivity index (χ4n) is 2.03. The van der Waals surface area contributed by atoms with E-state index in [0.717, 1.165) is 11.5 Å². The zero-order chi connectivity index (χ0) is 16.5. The molecule has 2 aromatic carbocycles. The van der Waals surface area contributed by atoms with Gasteiger partial charge >= 0.3 is 0 Å². The lowest BCUT2D eigenvalue weighted by molar-refractivity contribution is 0.404. The fourth-order valence-corrected chi connectivity index (χ4v) is 44.7. The highest BCUT2D eigenvalue weighted by molar-refractivity contribution is 14.1. The van der Waals surface area contributed by atoms with E-state index in [9.17, 15) is 0 Å². The van der Waals surface area contributed by atoms with Gasteiger partial charge in [0, 0.05) is 10.6 Å². The first kappa shape index (κ1) is 18.6. The Morgan fingerprint density at radius 3 is 1.70 bits per heavy atom. The van der Waals surface area contributed by atoms with Crippen LogP contribution in [0.25, 0.3) is 0 Å². The van der Waals surface area contributed by atoms with Crippen molar-refractivity contribution in [3.8, 4) is 11.5 Å². The van der Waals surface area contributed by atoms with Gasteiger partial charge in [0.05, 0.1) is 16.0 Å². The van der Waals surface area contributed by atoms with Gasteiger partial charge in [0.15, 0.2) is 0 Å². The summed E-state index contributed by atoms with van der Waals surface area (Å²) in [4.78, 5) is 0. The van der Waals surface area contributed by atoms with Crippen LogP contribution in [0.1, 0.15) is 0 Å². The van der Waals surface area contributed by atoms with Crippen LogP contribution in [-0.2, 0) is 23.6 Å². The van der Waals surface area contributed by atoms with E-state index in [1.54, 1.807) is 7.11 Å². The molecule has 0 radical (unpaired) electrons. The van der Waals surface area contributed by atoms with E-state index in [0.29, 0.717) is 4.61 Å². The summed E-state index contributed by atoms with van der Waals surface area (Å²) >= 11 is 17.7. The Morgan fingerprint density at radius 1 is 0.870 bits per heavy atom. The molecule has 0 N–H and O–H groups in total. The number of hydrogen-bond donors (Lipinski definition) is 0. The largest absolute Gasteiger partial charge is 0.497 e. The Morgan fingerprint density at radius 2 is 1.30 bits per heavy atom. The molecule has 0 unspecified atom stereocenters. The molecule has 0 aromatic heterocycles. The van der Waals surface area contributed by atoms with Gasteiger partial charge in [-0.3, -0.25) is 0 Å². The third-order valence-corrected chi connectivity index (χ3v) is 34.7. The van der Waals surface area contributed by atoms with Crippen LogP contribution in [0, 0.1) is 0 Å². The van der Waals surface area contributed by atoms with E-state index in [1.807, 2.05) is 46.3 Å². The highest BCUT2D eigenvalue weighted by Crippen LogP contribution is 3.04. The standard InChI is InChI=1S/C14H13IO2P2S4/c1-16-11-2-6-13(7-3-11)18(20)22-19(21,23-18)14-8-4-12(5-9-14)17-10-15/h2-9H,10H2,1H3. The second-order valence-corrected chi connectivity index (χ2v) is 26.5. The van der Waals surface area contributed by atoms with Crippen molar-refractivity contribution in [1.29, 1.82) is 0 Å². The van der Waals surface area contributed by atoms with E-state index in [4.69, 9.17) is 33.1 Å². The minimum atomic E-state index is -1.67. The first-order chi connectivity index (χ1) is 11.0. The lowest BCUT2D eigenvalue weighted by atomic mass is 10.3. The molecular weight excluding hydrogens is 517 g/mol. The van der Waals surface area contributed by atoms with Crippen molar-refractivity contribution in [1.82, 2.24) is 0 Å². The van der Waals surface area contributed by atoms with Crippen molar-refractivity contribution in [2.45, 2.75) is 0 Å². The Bertz CT molecular complexity index is 781. The van der Waals surface area contributed by atoms with Crippen molar-refractivity contribution in [3.05, 3.63) is 48.5 Å². The first-order valence-corrected chi connectivity index (χ1v) is 17.7. The molecule has 0 spiro atoms. The molecule has 9 heteroatoms. The van der Waals surface area contributed by atoms with Crippen LogP contribution in [0.15, 0.2) is 48.5 Å². The van der Waals surface area contributed by atoms with E-state index in [1.165, 1.54) is 10.6 Å². The van der Waals surface area contributed by atoms with Crippen LogP contribution in [0.5, 0.6) is 11.5 Å². The van der Waals surface area contributed by atoms with E-state index >= 15 is 0 Å². The molecule has 1 heterocycles. The van der Waals surface area contributed by atoms with Gasteiger partial charge in [0.1, 0.15) is 16.1 Å². The predicted molar refractivity (Wildman–Crippen MR) is 122 cm³/mol. The first-order valence-electron chi connectivity index (χ1n) is 6.56. The molecule has 23 heavy (non-hydrogen) atoms. The summed E-state index contributed by atoms with van der Waals surface area (Å²) in [6, 6.07) is 16.3. The second-order valence-electron chi connectivity index (χ2n) is 4.60. The molecule has 1 fully saturated rings. The molecule has 0 bridgehead atoms. The van der Waals surface area contributed by atoms with E-state index < -0.39 is 8.88 Å². The highest BCUT2D eigenvalue weighted by atomic mass is 127. The van der Waals surface area contributed by atoms with Crippen LogP contribution < -0.4 is 20.1 Å². The summed E-state index contributed by atoms with van der Waals surface area (Å²) in [6.45, 7) is 0. The minimum absolute atomic E-state index is 0.646. The third kappa shape index (κ3) is 3.97. The Hall–Kier alpha value is 0.770. The molecule has 2 nitrogen and oxygen atoms in total. The van der Waals surface area contributed by atoms with Crippen molar-refractivity contribution in [2.75, 3.05) is 11.7 Å². The second kappa shape index (κ2) is 7.56. The summed E-state index contributed by atoms with van der Waals surface area (Å²) in [5.41, 5.74) is 0. The van der Waals surface area contributed by atoms with Crippen LogP contribution in [0.3, 0.4) is 0 Å². The number of benzene rings is 2. The van der Waals surface area contributed by atoms with Crippen LogP contribution in [-0.4, -0.2) is 11.7 Å². The van der Waals surface area contributed by atoms with Crippen molar-refractivity contribution >= 4 is 87.7 Å². The predicted octanol–water partition coefficient (Wildman–Crippen LogP) is 5.52. The van der Waals surface area contributed by atoms with Crippen LogP contribution in [0.4, 0.5) is 0 Å². The molecule has 122 valence electrons. The number of hydrogen-bond acceptors (Lipinski definition) is 6. The highest BCUT2D eigenvalue weighted by Gasteiger charge is 2.45. The molecule has 1 aliphatic heterocycles.